The number of rotatable bonds is 10. The maximum Gasteiger partial charge on any atom is 0.407 e. The van der Waals surface area contributed by atoms with Crippen LogP contribution in [0.3, 0.4) is 0 Å². The second-order valence-corrected chi connectivity index (χ2v) is 7.89. The summed E-state index contributed by atoms with van der Waals surface area (Å²) in [7, 11) is 1.21. The highest BCUT2D eigenvalue weighted by molar-refractivity contribution is 5.83. The molecule has 0 saturated carbocycles. The van der Waals surface area contributed by atoms with E-state index >= 15 is 0 Å². The van der Waals surface area contributed by atoms with E-state index in [-0.39, 0.29) is 50.0 Å². The number of benzene rings is 2. The van der Waals surface area contributed by atoms with Crippen LogP contribution in [0.25, 0.3) is 11.1 Å². The summed E-state index contributed by atoms with van der Waals surface area (Å²) in [6, 6.07) is 15.0. The summed E-state index contributed by atoms with van der Waals surface area (Å²) in [5, 5.41) is 5.10. The van der Waals surface area contributed by atoms with Crippen LogP contribution >= 0.6 is 0 Å². The van der Waals surface area contributed by atoms with Gasteiger partial charge in [-0.15, -0.1) is 0 Å². The van der Waals surface area contributed by atoms with Crippen LogP contribution in [-0.2, 0) is 23.9 Å². The molecule has 2 aromatic carbocycles. The number of carbonyl (C=O) groups is 4. The molecule has 0 spiro atoms. The number of fused-ring (bicyclic) bond motifs is 3. The Kier molecular flexibility index (Phi) is 8.18. The Labute approximate surface area is 192 Å². The minimum absolute atomic E-state index is 0.0126. The Bertz CT molecular complexity index is 990. The molecule has 0 aromatic heterocycles. The van der Waals surface area contributed by atoms with Gasteiger partial charge in [0.15, 0.2) is 0 Å². The van der Waals surface area contributed by atoms with Gasteiger partial charge in [0.05, 0.1) is 7.11 Å². The predicted octanol–water partition coefficient (Wildman–Crippen LogP) is 2.94. The maximum absolute atomic E-state index is 12.5. The zero-order chi connectivity index (χ0) is 23.8. The zero-order valence-electron chi connectivity index (χ0n) is 18.8. The molecule has 1 aliphatic carbocycles. The van der Waals surface area contributed by atoms with Crippen molar-refractivity contribution in [3.05, 3.63) is 59.7 Å². The van der Waals surface area contributed by atoms with Crippen molar-refractivity contribution >= 4 is 23.8 Å². The van der Waals surface area contributed by atoms with Crippen LogP contribution in [0.15, 0.2) is 48.5 Å². The number of esters is 1. The molecule has 33 heavy (non-hydrogen) atoms. The highest BCUT2D eigenvalue weighted by Crippen LogP contribution is 2.44. The van der Waals surface area contributed by atoms with E-state index in [9.17, 15) is 19.2 Å². The van der Waals surface area contributed by atoms with Crippen LogP contribution in [-0.4, -0.2) is 50.1 Å². The van der Waals surface area contributed by atoms with Gasteiger partial charge in [-0.25, -0.2) is 9.59 Å². The minimum atomic E-state index is -1.02. The molecule has 8 nitrogen and oxygen atoms in total. The van der Waals surface area contributed by atoms with Gasteiger partial charge in [-0.2, -0.15) is 0 Å². The lowest BCUT2D eigenvalue weighted by atomic mass is 9.98. The van der Waals surface area contributed by atoms with Crippen LogP contribution < -0.4 is 10.6 Å². The lowest BCUT2D eigenvalue weighted by Gasteiger charge is -2.18. The average Bonchev–Trinajstić information content (AvgIpc) is 3.13. The van der Waals surface area contributed by atoms with Gasteiger partial charge in [0.1, 0.15) is 18.4 Å². The molecule has 2 amide bonds. The third kappa shape index (κ3) is 6.19. The quantitative estimate of drug-likeness (QED) is 0.536. The van der Waals surface area contributed by atoms with Crippen molar-refractivity contribution in [1.82, 2.24) is 10.6 Å². The normalized spacial score (nSPS) is 12.8. The molecular formula is C25H28N2O6. The van der Waals surface area contributed by atoms with E-state index < -0.39 is 18.1 Å². The fourth-order valence-electron chi connectivity index (χ4n) is 3.92. The molecule has 1 unspecified atom stereocenters. The number of carbonyl (C=O) groups excluding carboxylic acids is 4. The van der Waals surface area contributed by atoms with E-state index in [2.05, 4.69) is 10.6 Å². The molecule has 3 rings (SSSR count). The number of nitrogens with one attached hydrogen (secondary N) is 2. The summed E-state index contributed by atoms with van der Waals surface area (Å²) in [5.74, 6) is -1.12. The van der Waals surface area contributed by atoms with E-state index in [0.29, 0.717) is 0 Å². The summed E-state index contributed by atoms with van der Waals surface area (Å²) in [5.41, 5.74) is 4.40. The molecule has 2 aromatic rings. The van der Waals surface area contributed by atoms with E-state index in [1.54, 1.807) is 0 Å². The molecule has 0 fully saturated rings. The van der Waals surface area contributed by atoms with Crippen LogP contribution in [0, 0.1) is 0 Å². The summed E-state index contributed by atoms with van der Waals surface area (Å²) in [4.78, 5) is 47.5. The van der Waals surface area contributed by atoms with E-state index in [1.165, 1.54) is 14.0 Å². The summed E-state index contributed by atoms with van der Waals surface area (Å²) in [6.45, 7) is 1.79. The molecule has 0 radical (unpaired) electrons. The second-order valence-electron chi connectivity index (χ2n) is 7.89. The van der Waals surface area contributed by atoms with Crippen LogP contribution in [0.1, 0.15) is 43.2 Å². The van der Waals surface area contributed by atoms with Crippen LogP contribution in [0.5, 0.6) is 0 Å². The molecule has 0 bridgehead atoms. The monoisotopic (exact) mass is 452 g/mol. The molecule has 0 saturated heterocycles. The van der Waals surface area contributed by atoms with Gasteiger partial charge in [-0.3, -0.25) is 9.59 Å². The Morgan fingerprint density at radius 1 is 0.939 bits per heavy atom. The van der Waals surface area contributed by atoms with Crippen molar-refractivity contribution < 1.29 is 28.7 Å². The van der Waals surface area contributed by atoms with Crippen LogP contribution in [0.2, 0.25) is 0 Å². The molecule has 0 aliphatic heterocycles. The standard InChI is InChI=1S/C25H28N2O6/c1-16(28)13-14-26-23(29)12-11-22(24(30)32-2)27-25(31)33-15-21-19-9-5-3-7-17(19)18-8-4-6-10-20(18)21/h3-10,21-22H,11-15H2,1-2H3,(H,26,29)(H,27,31). The van der Waals surface area contributed by atoms with E-state index in [0.717, 1.165) is 22.3 Å². The third-order valence-electron chi connectivity index (χ3n) is 5.58. The van der Waals surface area contributed by atoms with E-state index in [1.807, 2.05) is 48.5 Å². The average molecular weight is 453 g/mol. The number of alkyl carbamates (subject to hydrolysis) is 1. The number of Topliss-reactive ketones (excluding diaryl/α,β-unsaturated/α-hetero) is 1. The number of amides is 2. The Hall–Kier alpha value is -3.68. The fraction of sp³-hybridized carbons (Fsp3) is 0.360. The maximum atomic E-state index is 12.5. The van der Waals surface area contributed by atoms with Crippen molar-refractivity contribution in [3.63, 3.8) is 0 Å². The Balaban J connectivity index is 1.56. The molecule has 174 valence electrons. The van der Waals surface area contributed by atoms with Gasteiger partial charge in [0, 0.05) is 25.3 Å². The number of hydrogen-bond acceptors (Lipinski definition) is 6. The highest BCUT2D eigenvalue weighted by atomic mass is 16.6. The summed E-state index contributed by atoms with van der Waals surface area (Å²) in [6.07, 6.45) is -0.488. The van der Waals surface area contributed by atoms with Crippen LogP contribution in [0.4, 0.5) is 4.79 Å². The van der Waals surface area contributed by atoms with E-state index in [4.69, 9.17) is 9.47 Å². The van der Waals surface area contributed by atoms with Gasteiger partial charge in [0.2, 0.25) is 5.91 Å². The SMILES string of the molecule is COC(=O)C(CCC(=O)NCCC(C)=O)NC(=O)OCC1c2ccccc2-c2ccccc21. The number of hydrogen-bond donors (Lipinski definition) is 2. The van der Waals surface area contributed by atoms with Crippen molar-refractivity contribution in [2.45, 2.75) is 38.1 Å². The first-order valence-corrected chi connectivity index (χ1v) is 10.9. The number of ketones is 1. The van der Waals surface area contributed by atoms with Gasteiger partial charge < -0.3 is 20.1 Å². The van der Waals surface area contributed by atoms with Gasteiger partial charge in [0.25, 0.3) is 0 Å². The first-order chi connectivity index (χ1) is 15.9. The smallest absolute Gasteiger partial charge is 0.407 e. The van der Waals surface area contributed by atoms with Gasteiger partial charge in [-0.1, -0.05) is 48.5 Å². The van der Waals surface area contributed by atoms with Crippen molar-refractivity contribution in [3.8, 4) is 11.1 Å². The molecule has 0 heterocycles. The molecular weight excluding hydrogens is 424 g/mol. The molecule has 8 heteroatoms. The second kappa shape index (κ2) is 11.3. The molecule has 2 N–H and O–H groups in total. The fourth-order valence-corrected chi connectivity index (χ4v) is 3.92. The molecule has 1 aliphatic rings. The van der Waals surface area contributed by atoms with Crippen molar-refractivity contribution in [2.24, 2.45) is 0 Å². The lowest BCUT2D eigenvalue weighted by molar-refractivity contribution is -0.143. The Morgan fingerprint density at radius 3 is 2.12 bits per heavy atom. The highest BCUT2D eigenvalue weighted by Gasteiger charge is 2.30. The predicted molar refractivity (Wildman–Crippen MR) is 122 cm³/mol. The first-order valence-electron chi connectivity index (χ1n) is 10.9. The summed E-state index contributed by atoms with van der Waals surface area (Å²) < 4.78 is 10.2. The minimum Gasteiger partial charge on any atom is -0.467 e. The van der Waals surface area contributed by atoms with Crippen molar-refractivity contribution in [2.75, 3.05) is 20.3 Å². The zero-order valence-corrected chi connectivity index (χ0v) is 18.8. The number of methoxy groups -OCH3 is 1. The Morgan fingerprint density at radius 2 is 1.55 bits per heavy atom. The van der Waals surface area contributed by atoms with Gasteiger partial charge >= 0.3 is 12.1 Å². The van der Waals surface area contributed by atoms with Crippen molar-refractivity contribution in [1.29, 1.82) is 0 Å². The molecule has 1 atom stereocenters. The first kappa shape index (κ1) is 24.0. The van der Waals surface area contributed by atoms with Gasteiger partial charge in [-0.05, 0) is 35.6 Å². The largest absolute Gasteiger partial charge is 0.467 e. The lowest BCUT2D eigenvalue weighted by Crippen LogP contribution is -2.43. The third-order valence-corrected chi connectivity index (χ3v) is 5.58. The number of ether oxygens (including phenoxy) is 2. The summed E-state index contributed by atoms with van der Waals surface area (Å²) >= 11 is 0. The topological polar surface area (TPSA) is 111 Å².